The molecule has 1 N–H and O–H groups in total. The first-order chi connectivity index (χ1) is 8.97. The lowest BCUT2D eigenvalue weighted by Crippen LogP contribution is -2.30. The van der Waals surface area contributed by atoms with Gasteiger partial charge in [0.2, 0.25) is 0 Å². The van der Waals surface area contributed by atoms with Crippen molar-refractivity contribution in [1.29, 1.82) is 0 Å². The first kappa shape index (κ1) is 14.5. The van der Waals surface area contributed by atoms with Gasteiger partial charge in [-0.05, 0) is 35.8 Å². The molecule has 0 bridgehead atoms. The summed E-state index contributed by atoms with van der Waals surface area (Å²) in [5.74, 6) is 0.302. The molecule has 2 atom stereocenters. The van der Waals surface area contributed by atoms with Crippen LogP contribution in [0.15, 0.2) is 24.3 Å². The molecule has 106 valence electrons. The molecule has 2 nitrogen and oxygen atoms in total. The molecule has 1 aromatic carbocycles. The average Bonchev–Trinajstić information content (AvgIpc) is 2.39. The van der Waals surface area contributed by atoms with Gasteiger partial charge in [0.15, 0.2) is 0 Å². The third-order valence-electron chi connectivity index (χ3n) is 4.00. The molecular formula is C17H26O2. The molecule has 1 aliphatic heterocycles. The highest BCUT2D eigenvalue weighted by atomic mass is 16.5. The second-order valence-electron chi connectivity index (χ2n) is 6.70. The Labute approximate surface area is 116 Å². The predicted octanol–water partition coefficient (Wildman–Crippen LogP) is 3.31. The number of aliphatic hydroxyl groups is 1. The van der Waals surface area contributed by atoms with Gasteiger partial charge in [0.05, 0.1) is 12.7 Å². The van der Waals surface area contributed by atoms with Gasteiger partial charge >= 0.3 is 0 Å². The topological polar surface area (TPSA) is 29.5 Å². The molecule has 0 amide bonds. The van der Waals surface area contributed by atoms with E-state index in [4.69, 9.17) is 4.74 Å². The van der Waals surface area contributed by atoms with Gasteiger partial charge in [-0.3, -0.25) is 0 Å². The number of aliphatic hydroxyl groups excluding tert-OH is 1. The summed E-state index contributed by atoms with van der Waals surface area (Å²) in [4.78, 5) is 0. The van der Waals surface area contributed by atoms with Gasteiger partial charge in [-0.1, -0.05) is 45.0 Å². The molecule has 2 heteroatoms. The lowest BCUT2D eigenvalue weighted by molar-refractivity contribution is -0.00847. The number of hydrogen-bond donors (Lipinski definition) is 1. The van der Waals surface area contributed by atoms with Crippen LogP contribution in [0.5, 0.6) is 0 Å². The van der Waals surface area contributed by atoms with Gasteiger partial charge < -0.3 is 9.84 Å². The standard InChI is InChI=1S/C17H26O2/c1-17(2,3)15-8-6-13(7-9-15)11-16(18)14-5-4-10-19-12-14/h6-9,14,16,18H,4-5,10-12H2,1-3H3. The van der Waals surface area contributed by atoms with E-state index in [1.807, 2.05) is 0 Å². The van der Waals surface area contributed by atoms with Crippen molar-refractivity contribution in [2.75, 3.05) is 13.2 Å². The minimum atomic E-state index is -0.277. The predicted molar refractivity (Wildman–Crippen MR) is 78.4 cm³/mol. The fourth-order valence-electron chi connectivity index (χ4n) is 2.62. The van der Waals surface area contributed by atoms with Crippen LogP contribution in [0.25, 0.3) is 0 Å². The van der Waals surface area contributed by atoms with Crippen LogP contribution in [-0.2, 0) is 16.6 Å². The zero-order valence-electron chi connectivity index (χ0n) is 12.4. The first-order valence-electron chi connectivity index (χ1n) is 7.32. The average molecular weight is 262 g/mol. The second kappa shape index (κ2) is 6.06. The van der Waals surface area contributed by atoms with Gasteiger partial charge in [-0.25, -0.2) is 0 Å². The van der Waals surface area contributed by atoms with E-state index >= 15 is 0 Å². The van der Waals surface area contributed by atoms with Crippen molar-refractivity contribution in [2.24, 2.45) is 5.92 Å². The Morgan fingerprint density at radius 2 is 1.95 bits per heavy atom. The third kappa shape index (κ3) is 4.05. The van der Waals surface area contributed by atoms with Crippen molar-refractivity contribution in [3.05, 3.63) is 35.4 Å². The van der Waals surface area contributed by atoms with Crippen molar-refractivity contribution in [3.8, 4) is 0 Å². The molecule has 1 saturated heterocycles. The summed E-state index contributed by atoms with van der Waals surface area (Å²) < 4.78 is 5.44. The van der Waals surface area contributed by atoms with Crippen molar-refractivity contribution in [1.82, 2.24) is 0 Å². The fourth-order valence-corrected chi connectivity index (χ4v) is 2.62. The van der Waals surface area contributed by atoms with E-state index in [9.17, 15) is 5.11 Å². The van der Waals surface area contributed by atoms with Crippen LogP contribution >= 0.6 is 0 Å². The summed E-state index contributed by atoms with van der Waals surface area (Å²) in [7, 11) is 0. The van der Waals surface area contributed by atoms with Crippen LogP contribution in [0, 0.1) is 5.92 Å². The van der Waals surface area contributed by atoms with Gasteiger partial charge in [0.25, 0.3) is 0 Å². The van der Waals surface area contributed by atoms with E-state index in [0.717, 1.165) is 25.9 Å². The Kier molecular flexibility index (Phi) is 4.64. The highest BCUT2D eigenvalue weighted by Crippen LogP contribution is 2.24. The molecule has 2 unspecified atom stereocenters. The largest absolute Gasteiger partial charge is 0.392 e. The molecule has 0 aliphatic carbocycles. The van der Waals surface area contributed by atoms with Gasteiger partial charge in [0.1, 0.15) is 0 Å². The number of ether oxygens (including phenoxy) is 1. The monoisotopic (exact) mass is 262 g/mol. The van der Waals surface area contributed by atoms with E-state index < -0.39 is 0 Å². The lowest BCUT2D eigenvalue weighted by atomic mass is 9.85. The van der Waals surface area contributed by atoms with Crippen LogP contribution in [0.1, 0.15) is 44.7 Å². The molecule has 0 saturated carbocycles. The molecule has 0 radical (unpaired) electrons. The fraction of sp³-hybridized carbons (Fsp3) is 0.647. The van der Waals surface area contributed by atoms with E-state index in [2.05, 4.69) is 45.0 Å². The number of hydrogen-bond acceptors (Lipinski definition) is 2. The zero-order chi connectivity index (χ0) is 13.9. The second-order valence-corrected chi connectivity index (χ2v) is 6.70. The molecule has 1 aliphatic rings. The van der Waals surface area contributed by atoms with Crippen molar-refractivity contribution >= 4 is 0 Å². The lowest BCUT2D eigenvalue weighted by Gasteiger charge is -2.27. The maximum absolute atomic E-state index is 10.3. The summed E-state index contributed by atoms with van der Waals surface area (Å²) >= 11 is 0. The highest BCUT2D eigenvalue weighted by Gasteiger charge is 2.22. The van der Waals surface area contributed by atoms with Crippen LogP contribution in [0.2, 0.25) is 0 Å². The zero-order valence-corrected chi connectivity index (χ0v) is 12.4. The molecule has 1 aromatic rings. The summed E-state index contributed by atoms with van der Waals surface area (Å²) in [5, 5.41) is 10.3. The SMILES string of the molecule is CC(C)(C)c1ccc(CC(O)C2CCCOC2)cc1. The first-order valence-corrected chi connectivity index (χ1v) is 7.32. The van der Waals surface area contributed by atoms with Crippen LogP contribution < -0.4 is 0 Å². The highest BCUT2D eigenvalue weighted by molar-refractivity contribution is 5.27. The normalized spacial score (nSPS) is 22.2. The summed E-state index contributed by atoms with van der Waals surface area (Å²) in [6, 6.07) is 8.65. The Morgan fingerprint density at radius 1 is 1.26 bits per heavy atom. The van der Waals surface area contributed by atoms with Crippen molar-refractivity contribution in [2.45, 2.75) is 51.6 Å². The maximum atomic E-state index is 10.3. The van der Waals surface area contributed by atoms with E-state index in [0.29, 0.717) is 12.5 Å². The third-order valence-corrected chi connectivity index (χ3v) is 4.00. The van der Waals surface area contributed by atoms with Gasteiger partial charge in [-0.15, -0.1) is 0 Å². The Bertz CT molecular complexity index is 383. The summed E-state index contributed by atoms with van der Waals surface area (Å²) in [6.45, 7) is 8.22. The molecule has 19 heavy (non-hydrogen) atoms. The Morgan fingerprint density at radius 3 is 2.47 bits per heavy atom. The molecule has 0 spiro atoms. The van der Waals surface area contributed by atoms with Crippen molar-refractivity contribution < 1.29 is 9.84 Å². The van der Waals surface area contributed by atoms with Gasteiger partial charge in [0, 0.05) is 12.5 Å². The van der Waals surface area contributed by atoms with E-state index in [-0.39, 0.29) is 11.5 Å². The van der Waals surface area contributed by atoms with E-state index in [1.54, 1.807) is 0 Å². The smallest absolute Gasteiger partial charge is 0.0630 e. The molecule has 1 fully saturated rings. The quantitative estimate of drug-likeness (QED) is 0.905. The molecular weight excluding hydrogens is 236 g/mol. The van der Waals surface area contributed by atoms with Crippen molar-refractivity contribution in [3.63, 3.8) is 0 Å². The Balaban J connectivity index is 1.95. The van der Waals surface area contributed by atoms with Gasteiger partial charge in [-0.2, -0.15) is 0 Å². The summed E-state index contributed by atoms with van der Waals surface area (Å²) in [5.41, 5.74) is 2.74. The number of benzene rings is 1. The van der Waals surface area contributed by atoms with Crippen LogP contribution in [-0.4, -0.2) is 24.4 Å². The van der Waals surface area contributed by atoms with E-state index in [1.165, 1.54) is 11.1 Å². The molecule has 1 heterocycles. The Hall–Kier alpha value is -0.860. The molecule has 0 aromatic heterocycles. The minimum Gasteiger partial charge on any atom is -0.392 e. The summed E-state index contributed by atoms with van der Waals surface area (Å²) in [6.07, 6.45) is 2.62. The number of rotatable bonds is 3. The molecule has 2 rings (SSSR count). The van der Waals surface area contributed by atoms with Crippen LogP contribution in [0.3, 0.4) is 0 Å². The maximum Gasteiger partial charge on any atom is 0.0630 e. The minimum absolute atomic E-state index is 0.189. The van der Waals surface area contributed by atoms with Crippen LogP contribution in [0.4, 0.5) is 0 Å².